The molecular weight excluding hydrogens is 228 g/mol. The zero-order chi connectivity index (χ0) is 12.8. The van der Waals surface area contributed by atoms with Crippen LogP contribution in [-0.2, 0) is 0 Å². The van der Waals surface area contributed by atoms with Crippen molar-refractivity contribution in [2.45, 2.75) is 57.6 Å². The summed E-state index contributed by atoms with van der Waals surface area (Å²) in [5.74, 6) is 0.738. The summed E-state index contributed by atoms with van der Waals surface area (Å²) in [6, 6.07) is 0.701. The van der Waals surface area contributed by atoms with Crippen molar-refractivity contribution >= 4 is 11.8 Å². The number of hydrogen-bond acceptors (Lipinski definition) is 3. The Kier molecular flexibility index (Phi) is 6.90. The fourth-order valence-electron chi connectivity index (χ4n) is 2.70. The van der Waals surface area contributed by atoms with E-state index in [4.69, 9.17) is 0 Å². The van der Waals surface area contributed by atoms with Gasteiger partial charge in [0.15, 0.2) is 0 Å². The quantitative estimate of drug-likeness (QED) is 0.738. The van der Waals surface area contributed by atoms with E-state index < -0.39 is 0 Å². The Bertz CT molecular complexity index is 198. The molecule has 0 amide bonds. The van der Waals surface area contributed by atoms with E-state index in [0.29, 0.717) is 6.04 Å². The van der Waals surface area contributed by atoms with E-state index in [0.717, 1.165) is 29.5 Å². The molecule has 0 spiro atoms. The van der Waals surface area contributed by atoms with Crippen molar-refractivity contribution < 1.29 is 0 Å². The predicted molar refractivity (Wildman–Crippen MR) is 79.9 cm³/mol. The van der Waals surface area contributed by atoms with Crippen molar-refractivity contribution in [3.05, 3.63) is 0 Å². The summed E-state index contributed by atoms with van der Waals surface area (Å²) in [7, 11) is 0. The minimum absolute atomic E-state index is 0.701. The van der Waals surface area contributed by atoms with Gasteiger partial charge in [0.1, 0.15) is 0 Å². The van der Waals surface area contributed by atoms with Gasteiger partial charge in [-0.05, 0) is 18.9 Å². The molecule has 1 aliphatic rings. The number of thioether (sulfide) groups is 1. The molecule has 1 heterocycles. The zero-order valence-corrected chi connectivity index (χ0v) is 13.0. The molecule has 2 nitrogen and oxygen atoms in total. The van der Waals surface area contributed by atoms with Crippen molar-refractivity contribution in [1.82, 2.24) is 10.2 Å². The van der Waals surface area contributed by atoms with E-state index in [1.165, 1.54) is 19.5 Å². The molecule has 0 aromatic rings. The average molecular weight is 258 g/mol. The molecule has 102 valence electrons. The van der Waals surface area contributed by atoms with Gasteiger partial charge in [0.05, 0.1) is 0 Å². The molecule has 0 radical (unpaired) electrons. The summed E-state index contributed by atoms with van der Waals surface area (Å²) in [5, 5.41) is 5.16. The Morgan fingerprint density at radius 1 is 1.24 bits per heavy atom. The second kappa shape index (κ2) is 7.65. The van der Waals surface area contributed by atoms with Crippen molar-refractivity contribution in [2.24, 2.45) is 5.92 Å². The highest BCUT2D eigenvalue weighted by Gasteiger charge is 2.29. The van der Waals surface area contributed by atoms with Crippen molar-refractivity contribution in [3.8, 4) is 0 Å². The van der Waals surface area contributed by atoms with Gasteiger partial charge in [-0.1, -0.05) is 34.6 Å². The smallest absolute Gasteiger partial charge is 0.0244 e. The van der Waals surface area contributed by atoms with Crippen LogP contribution in [0, 0.1) is 5.92 Å². The Hall–Kier alpha value is 0.270. The van der Waals surface area contributed by atoms with Gasteiger partial charge in [0.2, 0.25) is 0 Å². The first-order valence-electron chi connectivity index (χ1n) is 7.14. The van der Waals surface area contributed by atoms with E-state index in [1.54, 1.807) is 0 Å². The molecule has 3 atom stereocenters. The first-order valence-corrected chi connectivity index (χ1v) is 8.09. The van der Waals surface area contributed by atoms with E-state index in [1.807, 2.05) is 0 Å². The van der Waals surface area contributed by atoms with Crippen LogP contribution in [0.25, 0.3) is 0 Å². The minimum Gasteiger partial charge on any atom is -0.315 e. The lowest BCUT2D eigenvalue weighted by Crippen LogP contribution is -2.52. The largest absolute Gasteiger partial charge is 0.315 e. The molecule has 17 heavy (non-hydrogen) atoms. The Morgan fingerprint density at radius 3 is 2.29 bits per heavy atom. The summed E-state index contributed by atoms with van der Waals surface area (Å²) in [6.07, 6.45) is 1.23. The molecule has 1 fully saturated rings. The fourth-order valence-corrected chi connectivity index (χ4v) is 4.05. The van der Waals surface area contributed by atoms with Crippen LogP contribution in [0.3, 0.4) is 0 Å². The van der Waals surface area contributed by atoms with Crippen LogP contribution in [0.2, 0.25) is 0 Å². The van der Waals surface area contributed by atoms with Gasteiger partial charge < -0.3 is 5.32 Å². The van der Waals surface area contributed by atoms with Crippen molar-refractivity contribution in [2.75, 3.05) is 26.2 Å². The van der Waals surface area contributed by atoms with E-state index in [9.17, 15) is 0 Å². The third-order valence-corrected chi connectivity index (χ3v) is 4.69. The van der Waals surface area contributed by atoms with Gasteiger partial charge in [-0.15, -0.1) is 0 Å². The lowest BCUT2D eigenvalue weighted by atomic mass is 10.0. The first-order chi connectivity index (χ1) is 8.04. The van der Waals surface area contributed by atoms with E-state index in [-0.39, 0.29) is 0 Å². The molecular formula is C14H30N2S. The second-order valence-electron chi connectivity index (χ2n) is 5.73. The summed E-state index contributed by atoms with van der Waals surface area (Å²) >= 11 is 2.14. The second-order valence-corrected chi connectivity index (χ2v) is 7.61. The standard InChI is InChI=1S/C14H30N2S/c1-6-7-15-8-14(11(2)3)16-9-12(4)17-13(5)10-16/h11-15H,6-10H2,1-5H3. The molecule has 1 N–H and O–H groups in total. The third-order valence-electron chi connectivity index (χ3n) is 3.47. The molecule has 1 saturated heterocycles. The minimum atomic E-state index is 0.701. The average Bonchev–Trinajstić information content (AvgIpc) is 2.22. The van der Waals surface area contributed by atoms with Crippen LogP contribution in [-0.4, -0.2) is 47.6 Å². The molecule has 0 bridgehead atoms. The van der Waals surface area contributed by atoms with Crippen LogP contribution >= 0.6 is 11.8 Å². The molecule has 0 aromatic carbocycles. The van der Waals surface area contributed by atoms with E-state index >= 15 is 0 Å². The van der Waals surface area contributed by atoms with Gasteiger partial charge in [-0.2, -0.15) is 11.8 Å². The zero-order valence-electron chi connectivity index (χ0n) is 12.2. The van der Waals surface area contributed by atoms with E-state index in [2.05, 4.69) is 56.6 Å². The highest BCUT2D eigenvalue weighted by Crippen LogP contribution is 2.27. The normalized spacial score (nSPS) is 28.6. The summed E-state index contributed by atoms with van der Waals surface area (Å²) in [4.78, 5) is 2.71. The van der Waals surface area contributed by atoms with Crippen LogP contribution in [0.4, 0.5) is 0 Å². The van der Waals surface area contributed by atoms with Crippen LogP contribution < -0.4 is 5.32 Å². The number of nitrogens with one attached hydrogen (secondary N) is 1. The molecule has 0 aliphatic carbocycles. The molecule has 3 unspecified atom stereocenters. The maximum atomic E-state index is 3.59. The third kappa shape index (κ3) is 5.19. The Balaban J connectivity index is 2.50. The van der Waals surface area contributed by atoms with Crippen LogP contribution in [0.15, 0.2) is 0 Å². The fraction of sp³-hybridized carbons (Fsp3) is 1.00. The molecule has 3 heteroatoms. The highest BCUT2D eigenvalue weighted by molar-refractivity contribution is 8.00. The molecule has 0 saturated carbocycles. The highest BCUT2D eigenvalue weighted by atomic mass is 32.2. The topological polar surface area (TPSA) is 15.3 Å². The lowest BCUT2D eigenvalue weighted by Gasteiger charge is -2.41. The van der Waals surface area contributed by atoms with Crippen LogP contribution in [0.1, 0.15) is 41.0 Å². The van der Waals surface area contributed by atoms with Crippen molar-refractivity contribution in [1.29, 1.82) is 0 Å². The van der Waals surface area contributed by atoms with Gasteiger partial charge in [0, 0.05) is 36.2 Å². The number of rotatable bonds is 6. The SMILES string of the molecule is CCCNCC(C(C)C)N1CC(C)SC(C)C1. The predicted octanol–water partition coefficient (Wildman–Crippen LogP) is 2.84. The van der Waals surface area contributed by atoms with Gasteiger partial charge in [-0.3, -0.25) is 4.90 Å². The lowest BCUT2D eigenvalue weighted by molar-refractivity contribution is 0.149. The van der Waals surface area contributed by atoms with Crippen molar-refractivity contribution in [3.63, 3.8) is 0 Å². The molecule has 0 aromatic heterocycles. The molecule has 1 aliphatic heterocycles. The molecule has 1 rings (SSSR count). The Labute approximate surface area is 112 Å². The Morgan fingerprint density at radius 2 is 1.82 bits per heavy atom. The summed E-state index contributed by atoms with van der Waals surface area (Å²) in [6.45, 7) is 16.5. The first kappa shape index (κ1) is 15.3. The van der Waals surface area contributed by atoms with Gasteiger partial charge in [0.25, 0.3) is 0 Å². The van der Waals surface area contributed by atoms with Gasteiger partial charge in [-0.25, -0.2) is 0 Å². The maximum Gasteiger partial charge on any atom is 0.0244 e. The monoisotopic (exact) mass is 258 g/mol. The van der Waals surface area contributed by atoms with Crippen LogP contribution in [0.5, 0.6) is 0 Å². The number of hydrogen-bond donors (Lipinski definition) is 1. The maximum absolute atomic E-state index is 3.59. The number of nitrogens with zero attached hydrogens (tertiary/aromatic N) is 1. The van der Waals surface area contributed by atoms with Gasteiger partial charge >= 0.3 is 0 Å². The summed E-state index contributed by atoms with van der Waals surface area (Å²) < 4.78 is 0. The summed E-state index contributed by atoms with van der Waals surface area (Å²) in [5.41, 5.74) is 0.